The van der Waals surface area contributed by atoms with E-state index in [9.17, 15) is 0 Å². The highest BCUT2D eigenvalue weighted by atomic mass is 79.9. The Labute approximate surface area is 348 Å². The summed E-state index contributed by atoms with van der Waals surface area (Å²) in [7, 11) is 0. The Morgan fingerprint density at radius 1 is 0.293 bits per heavy atom. The van der Waals surface area contributed by atoms with E-state index in [4.69, 9.17) is 29.9 Å². The maximum absolute atomic E-state index is 5.36. The maximum atomic E-state index is 5.36. The molecule has 0 unspecified atom stereocenters. The number of nitrogens with one attached hydrogen (secondary N) is 2. The van der Waals surface area contributed by atoms with Crippen LogP contribution < -0.4 is 0 Å². The second-order valence-electron chi connectivity index (χ2n) is 14.0. The van der Waals surface area contributed by atoms with Gasteiger partial charge in [-0.05, 0) is 58.7 Å². The summed E-state index contributed by atoms with van der Waals surface area (Å²) in [4.78, 5) is 39.2. The monoisotopic (exact) mass is 874 g/mol. The minimum Gasteiger partial charge on any atom is -0.324 e. The van der Waals surface area contributed by atoms with Gasteiger partial charge in [0, 0.05) is 52.8 Å². The van der Waals surface area contributed by atoms with Gasteiger partial charge in [-0.25, -0.2) is 29.9 Å². The Balaban J connectivity index is 1.35. The SMILES string of the molecule is Brc1ccc2c3nc4nc(nc5[nH]c(nc6nc(nc([nH]3)c2c1)C(c1ccccc1)=C6c1ccccc1)c1ccc(Br)cc51)C(c1ccccc1)=C4c1ccccc1. The number of benzene rings is 6. The van der Waals surface area contributed by atoms with Crippen LogP contribution in [-0.4, -0.2) is 39.9 Å². The molecule has 274 valence electrons. The van der Waals surface area contributed by atoms with E-state index in [1.54, 1.807) is 0 Å². The van der Waals surface area contributed by atoms with E-state index in [0.717, 1.165) is 75.0 Å². The topological polar surface area (TPSA) is 109 Å². The first-order chi connectivity index (χ1) is 28.6. The van der Waals surface area contributed by atoms with Crippen molar-refractivity contribution < 1.29 is 0 Å². The summed E-state index contributed by atoms with van der Waals surface area (Å²) in [6.07, 6.45) is 0. The van der Waals surface area contributed by atoms with Crippen LogP contribution in [0.1, 0.15) is 45.6 Å². The molecule has 0 fully saturated rings. The first-order valence-electron chi connectivity index (χ1n) is 18.7. The third-order valence-corrected chi connectivity index (χ3v) is 11.4. The summed E-state index contributed by atoms with van der Waals surface area (Å²) in [6.45, 7) is 0. The van der Waals surface area contributed by atoms with E-state index in [2.05, 4.69) is 102 Å². The van der Waals surface area contributed by atoms with Gasteiger partial charge in [-0.3, -0.25) is 0 Å². The van der Waals surface area contributed by atoms with Gasteiger partial charge in [-0.2, -0.15) is 0 Å². The zero-order chi connectivity index (χ0) is 38.7. The Bertz CT molecular complexity index is 3110. The molecule has 2 aliphatic heterocycles. The maximum Gasteiger partial charge on any atom is 0.165 e. The number of nitrogens with zero attached hydrogens (tertiary/aromatic N) is 6. The van der Waals surface area contributed by atoms with E-state index in [0.29, 0.717) is 45.9 Å². The molecule has 0 spiro atoms. The Morgan fingerprint density at radius 2 is 0.569 bits per heavy atom. The molecule has 58 heavy (non-hydrogen) atoms. The van der Waals surface area contributed by atoms with Gasteiger partial charge < -0.3 is 9.97 Å². The van der Waals surface area contributed by atoms with Gasteiger partial charge in [0.1, 0.15) is 22.6 Å². The first-order valence-corrected chi connectivity index (χ1v) is 20.3. The second kappa shape index (κ2) is 13.9. The molecule has 0 saturated heterocycles. The fraction of sp³-hybridized carbons (Fsp3) is 0. The fourth-order valence-corrected chi connectivity index (χ4v) is 8.54. The van der Waals surface area contributed by atoms with E-state index in [1.165, 1.54) is 0 Å². The van der Waals surface area contributed by atoms with Crippen molar-refractivity contribution in [1.82, 2.24) is 39.9 Å². The lowest BCUT2D eigenvalue weighted by Gasteiger charge is -2.08. The van der Waals surface area contributed by atoms with Crippen molar-refractivity contribution in [2.75, 3.05) is 0 Å². The largest absolute Gasteiger partial charge is 0.324 e. The molecule has 0 aliphatic carbocycles. The average molecular weight is 877 g/mol. The van der Waals surface area contributed by atoms with Crippen LogP contribution in [-0.2, 0) is 0 Å². The van der Waals surface area contributed by atoms with Gasteiger partial charge in [0.15, 0.2) is 23.3 Å². The summed E-state index contributed by atoms with van der Waals surface area (Å²) in [5.74, 6) is 2.11. The molecule has 9 aromatic rings. The molecule has 0 saturated carbocycles. The van der Waals surface area contributed by atoms with Crippen molar-refractivity contribution in [3.8, 4) is 0 Å². The summed E-state index contributed by atoms with van der Waals surface area (Å²) >= 11 is 7.45. The van der Waals surface area contributed by atoms with Crippen LogP contribution in [0.2, 0.25) is 0 Å². The van der Waals surface area contributed by atoms with E-state index in [-0.39, 0.29) is 0 Å². The van der Waals surface area contributed by atoms with Crippen molar-refractivity contribution in [1.29, 1.82) is 0 Å². The van der Waals surface area contributed by atoms with Crippen molar-refractivity contribution in [2.24, 2.45) is 0 Å². The highest BCUT2D eigenvalue weighted by Gasteiger charge is 2.28. The molecule has 2 N–H and O–H groups in total. The van der Waals surface area contributed by atoms with E-state index < -0.39 is 0 Å². The number of H-pyrrole nitrogens is 2. The number of aromatic amines is 2. The summed E-state index contributed by atoms with van der Waals surface area (Å²) in [5.41, 5.74) is 9.83. The minimum absolute atomic E-state index is 0.527. The van der Waals surface area contributed by atoms with Crippen molar-refractivity contribution in [2.45, 2.75) is 0 Å². The molecule has 8 nitrogen and oxygen atoms in total. The molecular weight excluding hydrogens is 848 g/mol. The molecule has 0 atom stereocenters. The zero-order valence-electron chi connectivity index (χ0n) is 30.5. The zero-order valence-corrected chi connectivity index (χ0v) is 33.6. The fourth-order valence-electron chi connectivity index (χ4n) is 7.82. The minimum atomic E-state index is 0.527. The van der Waals surface area contributed by atoms with Crippen molar-refractivity contribution in [3.05, 3.63) is 212 Å². The predicted molar refractivity (Wildman–Crippen MR) is 238 cm³/mol. The number of hydrogen-bond donors (Lipinski definition) is 2. The quantitative estimate of drug-likeness (QED) is 0.182. The second-order valence-corrected chi connectivity index (χ2v) is 15.8. The Morgan fingerprint density at radius 3 is 0.862 bits per heavy atom. The van der Waals surface area contributed by atoms with Gasteiger partial charge in [-0.15, -0.1) is 0 Å². The van der Waals surface area contributed by atoms with Crippen LogP contribution in [0.4, 0.5) is 0 Å². The molecule has 10 heteroatoms. The highest BCUT2D eigenvalue weighted by molar-refractivity contribution is 9.10. The molecular formula is C48H28Br2N8. The number of fused-ring (bicyclic) bond motifs is 14. The molecule has 5 heterocycles. The lowest BCUT2D eigenvalue weighted by atomic mass is 9.95. The standard InChI is InChI=1S/C48H28Br2N8/c49-31-21-23-33-35(25-31)44-51-41(33)53-45-37(27-13-5-1-6-14-27)39(29-17-9-3-10-18-29)47(57-45)55-43-36-26-32(50)22-24-34(36)42(52-43)54-46-38(28-15-7-2-8-16-28)40(48(56-44)58-46)30-19-11-4-12-20-30/h1-26H,(H2,51,52,53,54,55,56,57,58). The number of hydrogen-bond acceptors (Lipinski definition) is 6. The van der Waals surface area contributed by atoms with Gasteiger partial charge in [0.05, 0.1) is 0 Å². The third-order valence-electron chi connectivity index (χ3n) is 10.4. The molecule has 11 rings (SSSR count). The number of halogens is 2. The molecule has 8 bridgehead atoms. The lowest BCUT2D eigenvalue weighted by molar-refractivity contribution is 1.10. The van der Waals surface area contributed by atoms with E-state index >= 15 is 0 Å². The lowest BCUT2D eigenvalue weighted by Crippen LogP contribution is -1.94. The van der Waals surface area contributed by atoms with Gasteiger partial charge in [0.25, 0.3) is 0 Å². The summed E-state index contributed by atoms with van der Waals surface area (Å²) in [6, 6.07) is 53.3. The summed E-state index contributed by atoms with van der Waals surface area (Å²) < 4.78 is 1.83. The van der Waals surface area contributed by atoms with Crippen LogP contribution in [0.15, 0.2) is 167 Å². The molecule has 6 aromatic carbocycles. The molecule has 3 aromatic heterocycles. The summed E-state index contributed by atoms with van der Waals surface area (Å²) in [5, 5.41) is 3.53. The average Bonchev–Trinajstić information content (AvgIpc) is 3.99. The van der Waals surface area contributed by atoms with Crippen LogP contribution in [0, 0.1) is 0 Å². The third kappa shape index (κ3) is 5.88. The van der Waals surface area contributed by atoms with E-state index in [1.807, 2.05) is 97.1 Å². The molecule has 2 aliphatic rings. The smallest absolute Gasteiger partial charge is 0.165 e. The first kappa shape index (κ1) is 34.4. The highest BCUT2D eigenvalue weighted by Crippen LogP contribution is 2.41. The van der Waals surface area contributed by atoms with Crippen LogP contribution >= 0.6 is 31.9 Å². The van der Waals surface area contributed by atoms with Crippen LogP contribution in [0.3, 0.4) is 0 Å². The normalized spacial score (nSPS) is 12.9. The molecule has 0 radical (unpaired) electrons. The Kier molecular flexibility index (Phi) is 8.27. The van der Waals surface area contributed by atoms with Crippen molar-refractivity contribution >= 4 is 98.3 Å². The van der Waals surface area contributed by atoms with Crippen LogP contribution in [0.25, 0.3) is 66.4 Å². The van der Waals surface area contributed by atoms with Crippen molar-refractivity contribution in [3.63, 3.8) is 0 Å². The van der Waals surface area contributed by atoms with Gasteiger partial charge in [0.2, 0.25) is 0 Å². The van der Waals surface area contributed by atoms with Gasteiger partial charge in [-0.1, -0.05) is 153 Å². The number of aromatic nitrogens is 8. The Hall–Kier alpha value is -6.88. The van der Waals surface area contributed by atoms with Crippen LogP contribution in [0.5, 0.6) is 0 Å². The predicted octanol–water partition coefficient (Wildman–Crippen LogP) is 11.7. The number of rotatable bonds is 4. The van der Waals surface area contributed by atoms with Gasteiger partial charge >= 0.3 is 0 Å². The molecule has 0 amide bonds.